The predicted molar refractivity (Wildman–Crippen MR) is 56.6 cm³/mol. The molecular weight excluding hydrogens is 215 g/mol. The van der Waals surface area contributed by atoms with Crippen molar-refractivity contribution >= 4 is 6.08 Å². The Morgan fingerprint density at radius 1 is 1.19 bits per heavy atom. The second-order valence-electron chi connectivity index (χ2n) is 4.15. The summed E-state index contributed by atoms with van der Waals surface area (Å²) >= 11 is 0. The number of halogens is 3. The Bertz CT molecular complexity index is 417. The molecule has 0 spiro atoms. The van der Waals surface area contributed by atoms with Crippen LogP contribution < -0.4 is 5.73 Å². The topological polar surface area (TPSA) is 26.0 Å². The van der Waals surface area contributed by atoms with E-state index in [4.69, 9.17) is 5.73 Å². The van der Waals surface area contributed by atoms with Crippen molar-refractivity contribution in [3.63, 3.8) is 0 Å². The van der Waals surface area contributed by atoms with Gasteiger partial charge in [-0.3, -0.25) is 0 Å². The van der Waals surface area contributed by atoms with Crippen molar-refractivity contribution in [1.29, 1.82) is 0 Å². The van der Waals surface area contributed by atoms with Crippen LogP contribution in [0.1, 0.15) is 24.0 Å². The fourth-order valence-corrected chi connectivity index (χ4v) is 1.47. The standard InChI is InChI=1S/C12H12F3N/c13-12(14,15)10-4-2-1-3-9(10)5-6-11(16)7-8-11/h1-6H,7-8,16H2/b6-5+. The molecule has 0 saturated heterocycles. The van der Waals surface area contributed by atoms with Crippen LogP contribution in [-0.2, 0) is 6.18 Å². The monoisotopic (exact) mass is 227 g/mol. The molecule has 0 unspecified atom stereocenters. The van der Waals surface area contributed by atoms with E-state index in [0.29, 0.717) is 0 Å². The van der Waals surface area contributed by atoms with E-state index in [2.05, 4.69) is 0 Å². The molecule has 0 amide bonds. The molecule has 1 saturated carbocycles. The molecule has 0 heterocycles. The third kappa shape index (κ3) is 2.44. The predicted octanol–water partition coefficient (Wildman–Crippen LogP) is 3.21. The molecule has 2 rings (SSSR count). The van der Waals surface area contributed by atoms with Gasteiger partial charge in [0.05, 0.1) is 5.56 Å². The van der Waals surface area contributed by atoms with Gasteiger partial charge in [0.1, 0.15) is 0 Å². The van der Waals surface area contributed by atoms with Crippen LogP contribution in [0.2, 0.25) is 0 Å². The second-order valence-corrected chi connectivity index (χ2v) is 4.15. The highest BCUT2D eigenvalue weighted by Gasteiger charge is 2.36. The van der Waals surface area contributed by atoms with Crippen LogP contribution in [0.25, 0.3) is 6.08 Å². The van der Waals surface area contributed by atoms with Gasteiger partial charge in [-0.05, 0) is 24.5 Å². The van der Waals surface area contributed by atoms with Gasteiger partial charge in [-0.2, -0.15) is 13.2 Å². The van der Waals surface area contributed by atoms with Crippen LogP contribution in [0, 0.1) is 0 Å². The van der Waals surface area contributed by atoms with Gasteiger partial charge in [0.2, 0.25) is 0 Å². The Morgan fingerprint density at radius 2 is 1.81 bits per heavy atom. The van der Waals surface area contributed by atoms with Gasteiger partial charge < -0.3 is 5.73 Å². The van der Waals surface area contributed by atoms with Gasteiger partial charge in [-0.1, -0.05) is 30.4 Å². The van der Waals surface area contributed by atoms with Crippen molar-refractivity contribution < 1.29 is 13.2 Å². The fourth-order valence-electron chi connectivity index (χ4n) is 1.47. The third-order valence-corrected chi connectivity index (χ3v) is 2.69. The van der Waals surface area contributed by atoms with E-state index in [1.54, 1.807) is 12.1 Å². The highest BCUT2D eigenvalue weighted by Crippen LogP contribution is 2.36. The summed E-state index contributed by atoms with van der Waals surface area (Å²) < 4.78 is 37.9. The number of rotatable bonds is 2. The van der Waals surface area contributed by atoms with E-state index in [9.17, 15) is 13.2 Å². The van der Waals surface area contributed by atoms with Gasteiger partial charge in [0.25, 0.3) is 0 Å². The summed E-state index contributed by atoms with van der Waals surface area (Å²) in [5, 5.41) is 0. The van der Waals surface area contributed by atoms with Crippen molar-refractivity contribution in [2.45, 2.75) is 24.6 Å². The van der Waals surface area contributed by atoms with Gasteiger partial charge >= 0.3 is 6.18 Å². The number of alkyl halides is 3. The highest BCUT2D eigenvalue weighted by atomic mass is 19.4. The minimum atomic E-state index is -4.31. The molecule has 0 radical (unpaired) electrons. The van der Waals surface area contributed by atoms with Crippen LogP contribution in [-0.4, -0.2) is 5.54 Å². The van der Waals surface area contributed by atoms with E-state index < -0.39 is 11.7 Å². The van der Waals surface area contributed by atoms with Gasteiger partial charge in [0.15, 0.2) is 0 Å². The molecule has 1 aliphatic rings. The van der Waals surface area contributed by atoms with Crippen LogP contribution >= 0.6 is 0 Å². The van der Waals surface area contributed by atoms with Crippen LogP contribution in [0.3, 0.4) is 0 Å². The van der Waals surface area contributed by atoms with E-state index in [1.807, 2.05) is 0 Å². The molecular formula is C12H12F3N. The minimum Gasteiger partial charge on any atom is -0.322 e. The van der Waals surface area contributed by atoms with E-state index in [-0.39, 0.29) is 11.1 Å². The van der Waals surface area contributed by atoms with Crippen molar-refractivity contribution in [3.05, 3.63) is 41.5 Å². The first-order chi connectivity index (χ1) is 7.41. The lowest BCUT2D eigenvalue weighted by Gasteiger charge is -2.10. The molecule has 1 aliphatic carbocycles. The average molecular weight is 227 g/mol. The Kier molecular flexibility index (Phi) is 2.54. The summed E-state index contributed by atoms with van der Waals surface area (Å²) in [6.07, 6.45) is 0.509. The average Bonchev–Trinajstić information content (AvgIpc) is 2.94. The quantitative estimate of drug-likeness (QED) is 0.824. The smallest absolute Gasteiger partial charge is 0.322 e. The number of nitrogens with two attached hydrogens (primary N) is 1. The summed E-state index contributed by atoms with van der Waals surface area (Å²) in [6.45, 7) is 0. The number of benzene rings is 1. The van der Waals surface area contributed by atoms with Gasteiger partial charge in [-0.25, -0.2) is 0 Å². The van der Waals surface area contributed by atoms with E-state index >= 15 is 0 Å². The molecule has 0 aromatic heterocycles. The first-order valence-electron chi connectivity index (χ1n) is 5.05. The Morgan fingerprint density at radius 3 is 2.38 bits per heavy atom. The molecule has 1 aromatic carbocycles. The molecule has 4 heteroatoms. The lowest BCUT2D eigenvalue weighted by atomic mass is 10.1. The summed E-state index contributed by atoms with van der Waals surface area (Å²) in [4.78, 5) is 0. The van der Waals surface area contributed by atoms with E-state index in [0.717, 1.165) is 18.9 Å². The minimum absolute atomic E-state index is 0.173. The molecule has 16 heavy (non-hydrogen) atoms. The van der Waals surface area contributed by atoms with Crippen LogP contribution in [0.4, 0.5) is 13.2 Å². The fraction of sp³-hybridized carbons (Fsp3) is 0.333. The normalized spacial score (nSPS) is 19.0. The number of hydrogen-bond donors (Lipinski definition) is 1. The summed E-state index contributed by atoms with van der Waals surface area (Å²) in [5.41, 5.74) is 4.97. The molecule has 0 bridgehead atoms. The van der Waals surface area contributed by atoms with Crippen molar-refractivity contribution in [2.75, 3.05) is 0 Å². The molecule has 1 fully saturated rings. The zero-order valence-corrected chi connectivity index (χ0v) is 8.59. The SMILES string of the molecule is NC1(/C=C/c2ccccc2C(F)(F)F)CC1. The Balaban J connectivity index is 2.30. The Labute approximate surface area is 91.8 Å². The van der Waals surface area contributed by atoms with Crippen LogP contribution in [0.15, 0.2) is 30.3 Å². The molecule has 1 nitrogen and oxygen atoms in total. The largest absolute Gasteiger partial charge is 0.416 e. The first-order valence-corrected chi connectivity index (χ1v) is 5.05. The maximum atomic E-state index is 12.6. The second kappa shape index (κ2) is 3.63. The van der Waals surface area contributed by atoms with E-state index in [1.165, 1.54) is 18.2 Å². The summed E-state index contributed by atoms with van der Waals surface area (Å²) in [7, 11) is 0. The first kappa shape index (κ1) is 11.2. The summed E-state index contributed by atoms with van der Waals surface area (Å²) in [5.74, 6) is 0. The van der Waals surface area contributed by atoms with Gasteiger partial charge in [-0.15, -0.1) is 0 Å². The van der Waals surface area contributed by atoms with Gasteiger partial charge in [0, 0.05) is 5.54 Å². The highest BCUT2D eigenvalue weighted by molar-refractivity contribution is 5.56. The molecule has 86 valence electrons. The zero-order valence-electron chi connectivity index (χ0n) is 8.59. The molecule has 0 atom stereocenters. The number of hydrogen-bond acceptors (Lipinski definition) is 1. The maximum Gasteiger partial charge on any atom is 0.416 e. The van der Waals surface area contributed by atoms with Crippen molar-refractivity contribution in [3.8, 4) is 0 Å². The lowest BCUT2D eigenvalue weighted by Crippen LogP contribution is -2.17. The lowest BCUT2D eigenvalue weighted by molar-refractivity contribution is -0.137. The van der Waals surface area contributed by atoms with Crippen LogP contribution in [0.5, 0.6) is 0 Å². The maximum absolute atomic E-state index is 12.6. The van der Waals surface area contributed by atoms with Crippen molar-refractivity contribution in [2.24, 2.45) is 5.73 Å². The molecule has 0 aliphatic heterocycles. The zero-order chi connectivity index (χ0) is 11.8. The summed E-state index contributed by atoms with van der Waals surface area (Å²) in [6, 6.07) is 5.50. The van der Waals surface area contributed by atoms with Crippen molar-refractivity contribution in [1.82, 2.24) is 0 Å². The Hall–Kier alpha value is -1.29. The third-order valence-electron chi connectivity index (χ3n) is 2.69. The molecule has 1 aromatic rings. The molecule has 2 N–H and O–H groups in total.